The van der Waals surface area contributed by atoms with Crippen molar-refractivity contribution in [3.05, 3.63) is 0 Å². The summed E-state index contributed by atoms with van der Waals surface area (Å²) in [6.07, 6.45) is 9.06. The molecule has 19 heavy (non-hydrogen) atoms. The summed E-state index contributed by atoms with van der Waals surface area (Å²) >= 11 is 2.27. The van der Waals surface area contributed by atoms with Crippen molar-refractivity contribution in [2.24, 2.45) is 0 Å². The van der Waals surface area contributed by atoms with Crippen LogP contribution < -0.4 is 113 Å². The van der Waals surface area contributed by atoms with Crippen molar-refractivity contribution >= 4 is 29.7 Å². The van der Waals surface area contributed by atoms with Gasteiger partial charge in [0.2, 0.25) is 0 Å². The molecule has 0 aromatic carbocycles. The first-order valence-corrected chi connectivity index (χ1v) is 6.44. The third kappa shape index (κ3) is 38.6. The summed E-state index contributed by atoms with van der Waals surface area (Å²) in [7, 11) is 0. The molecular formula is C12H21K2LiO4. The second kappa shape index (κ2) is 25.7. The average Bonchev–Trinajstić information content (AvgIpc) is 2.22. The van der Waals surface area contributed by atoms with Crippen LogP contribution in [0.25, 0.3) is 0 Å². The molecule has 0 aromatic rings. The van der Waals surface area contributed by atoms with Gasteiger partial charge in [-0.15, -0.1) is 0 Å². The molecule has 0 aliphatic rings. The monoisotopic (exact) mass is 314 g/mol. The van der Waals surface area contributed by atoms with E-state index >= 15 is 0 Å². The Balaban J connectivity index is -0.000000112. The minimum atomic E-state index is -1.63. The van der Waals surface area contributed by atoms with E-state index in [4.69, 9.17) is 0 Å². The van der Waals surface area contributed by atoms with E-state index in [2.05, 4.69) is 24.6 Å². The maximum atomic E-state index is 9.28. The standard InChI is InChI=1S/C9H19.C3H4O4.2K.Li/c1-3-5-7-9-8-6-4-2;4-2(5)1-3(6)7;;;/h1,3-9H2,2H3;1H2,(H,4,5)(H,6,7);;;/q;;2*+1;/p-2. The Morgan fingerprint density at radius 1 is 0.842 bits per heavy atom. The zero-order valence-corrected chi connectivity index (χ0v) is 19.2. The third-order valence-corrected chi connectivity index (χ3v) is 2.25. The fourth-order valence-corrected chi connectivity index (χ4v) is 1.32. The molecule has 0 bridgehead atoms. The SMILES string of the molecule is O=C([O-])CC(=O)[O-].[K+].[K+].[Li][CH2]CCCCCCCC. The van der Waals surface area contributed by atoms with Crippen LogP contribution >= 0.6 is 0 Å². The molecule has 0 heterocycles. The molecule has 4 nitrogen and oxygen atoms in total. The summed E-state index contributed by atoms with van der Waals surface area (Å²) in [5.74, 6) is -3.25. The van der Waals surface area contributed by atoms with Crippen molar-refractivity contribution < 1.29 is 123 Å². The fraction of sp³-hybridized carbons (Fsp3) is 0.833. The first-order chi connectivity index (χ1) is 8.04. The van der Waals surface area contributed by atoms with Crippen molar-refractivity contribution in [3.8, 4) is 0 Å². The van der Waals surface area contributed by atoms with Crippen molar-refractivity contribution in [2.75, 3.05) is 0 Å². The van der Waals surface area contributed by atoms with E-state index in [1.807, 2.05) is 0 Å². The molecule has 0 aromatic heterocycles. The Morgan fingerprint density at radius 2 is 1.21 bits per heavy atom. The van der Waals surface area contributed by atoms with Crippen molar-refractivity contribution in [1.29, 1.82) is 0 Å². The van der Waals surface area contributed by atoms with E-state index in [9.17, 15) is 19.8 Å². The number of unbranched alkanes of at least 4 members (excludes halogenated alkanes) is 6. The van der Waals surface area contributed by atoms with Gasteiger partial charge in [-0.1, -0.05) is 0 Å². The summed E-state index contributed by atoms with van der Waals surface area (Å²) in [4.78, 5) is 18.6. The van der Waals surface area contributed by atoms with Gasteiger partial charge in [-0.05, 0) is 0 Å². The average molecular weight is 314 g/mol. The topological polar surface area (TPSA) is 80.3 Å². The number of carboxylic acid groups (broad SMARTS) is 2. The van der Waals surface area contributed by atoms with Crippen LogP contribution in [-0.2, 0) is 9.59 Å². The maximum absolute atomic E-state index is 9.28. The number of aliphatic carboxylic acids is 2. The van der Waals surface area contributed by atoms with Crippen LogP contribution in [0.1, 0.15) is 58.3 Å². The van der Waals surface area contributed by atoms with Crippen LogP contribution in [0.15, 0.2) is 0 Å². The van der Waals surface area contributed by atoms with Crippen LogP contribution in [0.2, 0.25) is 5.09 Å². The van der Waals surface area contributed by atoms with Gasteiger partial charge in [0.15, 0.2) is 0 Å². The van der Waals surface area contributed by atoms with Gasteiger partial charge in [0.1, 0.15) is 0 Å². The van der Waals surface area contributed by atoms with E-state index in [1.54, 1.807) is 0 Å². The summed E-state index contributed by atoms with van der Waals surface area (Å²) in [5.41, 5.74) is 0. The van der Waals surface area contributed by atoms with Gasteiger partial charge in [-0.25, -0.2) is 0 Å². The number of rotatable bonds is 9. The van der Waals surface area contributed by atoms with E-state index < -0.39 is 18.4 Å². The van der Waals surface area contributed by atoms with Gasteiger partial charge in [0.05, 0.1) is 0 Å². The summed E-state index contributed by atoms with van der Waals surface area (Å²) in [6, 6.07) is 0. The molecule has 7 heteroatoms. The first-order valence-electron chi connectivity index (χ1n) is 6.44. The van der Waals surface area contributed by atoms with Crippen molar-refractivity contribution in [2.45, 2.75) is 63.4 Å². The van der Waals surface area contributed by atoms with Crippen LogP contribution in [0.4, 0.5) is 0 Å². The van der Waals surface area contributed by atoms with E-state index in [0.29, 0.717) is 0 Å². The number of carboxylic acids is 2. The van der Waals surface area contributed by atoms with E-state index in [1.165, 1.54) is 50.0 Å². The van der Waals surface area contributed by atoms with Gasteiger partial charge in [0, 0.05) is 18.4 Å². The molecule has 96 valence electrons. The zero-order chi connectivity index (χ0) is 13.5. The molecule has 0 N–H and O–H groups in total. The predicted molar refractivity (Wildman–Crippen MR) is 63.2 cm³/mol. The molecule has 0 spiro atoms. The molecule has 0 saturated carbocycles. The van der Waals surface area contributed by atoms with Crippen LogP contribution in [0.3, 0.4) is 0 Å². The van der Waals surface area contributed by atoms with Gasteiger partial charge in [-0.2, -0.15) is 0 Å². The summed E-state index contributed by atoms with van der Waals surface area (Å²) < 4.78 is 0. The summed E-state index contributed by atoms with van der Waals surface area (Å²) in [6.45, 7) is 2.27. The second-order valence-electron chi connectivity index (χ2n) is 4.04. The number of carbonyl (C=O) groups excluding carboxylic acids is 2. The summed E-state index contributed by atoms with van der Waals surface area (Å²) in [5, 5.41) is 19.9. The second-order valence-corrected chi connectivity index (χ2v) is 4.04. The Bertz CT molecular complexity index is 184. The van der Waals surface area contributed by atoms with Gasteiger partial charge in [-0.3, -0.25) is 0 Å². The first kappa shape index (κ1) is 29.8. The quantitative estimate of drug-likeness (QED) is 0.241. The van der Waals surface area contributed by atoms with Crippen LogP contribution in [-0.4, -0.2) is 29.7 Å². The molecule has 0 amide bonds. The van der Waals surface area contributed by atoms with Gasteiger partial charge in [0.25, 0.3) is 0 Å². The molecule has 0 radical (unpaired) electrons. The van der Waals surface area contributed by atoms with Gasteiger partial charge >= 0.3 is 177 Å². The van der Waals surface area contributed by atoms with Crippen LogP contribution in [0.5, 0.6) is 0 Å². The Hall–Kier alpha value is 2.81. The molecule has 0 atom stereocenters. The fourth-order valence-electron chi connectivity index (χ4n) is 1.32. The molecule has 0 saturated heterocycles. The van der Waals surface area contributed by atoms with Crippen LogP contribution in [0, 0.1) is 0 Å². The zero-order valence-electron chi connectivity index (χ0n) is 13.0. The molecule has 0 rings (SSSR count). The molecule has 0 aliphatic heterocycles. The number of hydrogen-bond donors (Lipinski definition) is 0. The Labute approximate surface area is 211 Å². The molecule has 0 aliphatic carbocycles. The van der Waals surface area contributed by atoms with Crippen molar-refractivity contribution in [1.82, 2.24) is 0 Å². The molecule has 0 fully saturated rings. The normalized spacial score (nSPS) is 8.37. The third-order valence-electron chi connectivity index (χ3n) is 2.25. The minimum absolute atomic E-state index is 0. The number of hydrogen-bond acceptors (Lipinski definition) is 4. The van der Waals surface area contributed by atoms with E-state index in [-0.39, 0.29) is 103 Å². The van der Waals surface area contributed by atoms with E-state index in [0.717, 1.165) is 0 Å². The number of carbonyl (C=O) groups is 2. The van der Waals surface area contributed by atoms with Crippen molar-refractivity contribution in [3.63, 3.8) is 0 Å². The Morgan fingerprint density at radius 3 is 1.47 bits per heavy atom. The Kier molecular flexibility index (Phi) is 40.3. The predicted octanol–water partition coefficient (Wildman–Crippen LogP) is -5.79. The van der Waals surface area contributed by atoms with Gasteiger partial charge < -0.3 is 19.8 Å². The molecular weight excluding hydrogens is 293 g/mol. The molecule has 0 unspecified atom stereocenters.